The Hall–Kier alpha value is -7.07. The van der Waals surface area contributed by atoms with Crippen LogP contribution in [-0.4, -0.2) is 96.9 Å². The van der Waals surface area contributed by atoms with E-state index in [1.165, 1.54) is 35.5 Å². The third kappa shape index (κ3) is 11.3. The summed E-state index contributed by atoms with van der Waals surface area (Å²) >= 11 is 0. The molecular formula is C46H52N10O9S2. The third-order valence-corrected chi connectivity index (χ3v) is 13.8. The Morgan fingerprint density at radius 2 is 1.36 bits per heavy atom. The van der Waals surface area contributed by atoms with Gasteiger partial charge in [-0.1, -0.05) is 54.6 Å². The molecule has 5 N–H and O–H groups in total. The number of hydrogen-bond acceptors (Lipinski definition) is 14. The topological polar surface area (TPSA) is 248 Å². The van der Waals surface area contributed by atoms with Gasteiger partial charge >= 0.3 is 6.09 Å². The Labute approximate surface area is 388 Å². The molecule has 0 fully saturated rings. The first-order chi connectivity index (χ1) is 31.9. The highest BCUT2D eigenvalue weighted by molar-refractivity contribution is 7.92. The molecule has 2 heterocycles. The molecule has 352 valence electrons. The number of aromatic nitrogens is 6. The van der Waals surface area contributed by atoms with Gasteiger partial charge in [-0.25, -0.2) is 31.3 Å². The number of anilines is 1. The van der Waals surface area contributed by atoms with Gasteiger partial charge in [-0.05, 0) is 104 Å². The number of benzene rings is 5. The maximum absolute atomic E-state index is 16.0. The predicted octanol–water partition coefficient (Wildman–Crippen LogP) is 6.12. The standard InChI is InChI=1S/C46H52N10O9S2/c1-29(49-45(57)65-46(2,3)4)25-48-66(58,59)39-24-23-36(37-9-8-10-38-41(37)51-44(47)50-38)40(43-52-54-56(53-43)28-32-15-21-35(64-7)22-16-32)42(39)67(60,61)55(26-30-11-17-33(62-5)18-12-30)27-31-13-19-34(63-6)20-14-31/h8-24,29,48H,25-28H2,1-7H3,(H,49,57)(H3,47,50,51). The minimum absolute atomic E-state index is 0.100. The Morgan fingerprint density at radius 3 is 1.91 bits per heavy atom. The van der Waals surface area contributed by atoms with Crippen LogP contribution in [0.3, 0.4) is 0 Å². The summed E-state index contributed by atoms with van der Waals surface area (Å²) in [6.07, 6.45) is -0.765. The number of carbonyl (C=O) groups excluding carboxylic acids is 1. The summed E-state index contributed by atoms with van der Waals surface area (Å²) in [7, 11) is -5.13. The molecule has 0 aliphatic heterocycles. The van der Waals surface area contributed by atoms with Crippen LogP contribution in [0.25, 0.3) is 33.5 Å². The van der Waals surface area contributed by atoms with Gasteiger partial charge in [0.25, 0.3) is 0 Å². The number of hydrogen-bond donors (Lipinski definition) is 4. The molecule has 0 spiro atoms. The van der Waals surface area contributed by atoms with E-state index in [4.69, 9.17) is 29.8 Å². The Kier molecular flexibility index (Phi) is 14.2. The number of rotatable bonds is 18. The number of carbonyl (C=O) groups is 1. The highest BCUT2D eigenvalue weighted by Gasteiger charge is 2.38. The van der Waals surface area contributed by atoms with Crippen molar-refractivity contribution in [3.05, 3.63) is 120 Å². The van der Waals surface area contributed by atoms with Crippen LogP contribution in [0.15, 0.2) is 113 Å². The van der Waals surface area contributed by atoms with Crippen molar-refractivity contribution in [2.75, 3.05) is 33.6 Å². The minimum atomic E-state index is -4.96. The molecule has 0 radical (unpaired) electrons. The van der Waals surface area contributed by atoms with Crippen LogP contribution < -0.4 is 30.0 Å². The summed E-state index contributed by atoms with van der Waals surface area (Å²) in [6.45, 7) is 6.01. The first-order valence-electron chi connectivity index (χ1n) is 21.0. The van der Waals surface area contributed by atoms with Gasteiger partial charge in [0, 0.05) is 31.2 Å². The minimum Gasteiger partial charge on any atom is -0.497 e. The van der Waals surface area contributed by atoms with Crippen molar-refractivity contribution in [2.24, 2.45) is 0 Å². The van der Waals surface area contributed by atoms with Gasteiger partial charge in [-0.15, -0.1) is 10.2 Å². The number of fused-ring (bicyclic) bond motifs is 1. The van der Waals surface area contributed by atoms with E-state index in [0.29, 0.717) is 45.0 Å². The molecule has 21 heteroatoms. The molecule has 0 aliphatic carbocycles. The van der Waals surface area contributed by atoms with E-state index in [1.54, 1.807) is 114 Å². The molecule has 1 amide bonds. The molecule has 1 unspecified atom stereocenters. The number of ether oxygens (including phenoxy) is 4. The number of alkyl carbamates (subject to hydrolysis) is 1. The van der Waals surface area contributed by atoms with Gasteiger partial charge in [0.1, 0.15) is 32.6 Å². The average molecular weight is 953 g/mol. The van der Waals surface area contributed by atoms with Crippen molar-refractivity contribution >= 4 is 43.1 Å². The van der Waals surface area contributed by atoms with Gasteiger partial charge in [-0.3, -0.25) is 0 Å². The summed E-state index contributed by atoms with van der Waals surface area (Å²) in [5.74, 6) is 1.64. The number of imidazole rings is 1. The first-order valence-corrected chi connectivity index (χ1v) is 23.9. The van der Waals surface area contributed by atoms with E-state index in [-0.39, 0.29) is 49.1 Å². The molecule has 67 heavy (non-hydrogen) atoms. The Morgan fingerprint density at radius 1 is 0.791 bits per heavy atom. The molecule has 7 rings (SSSR count). The van der Waals surface area contributed by atoms with E-state index >= 15 is 8.42 Å². The molecule has 5 aromatic carbocycles. The van der Waals surface area contributed by atoms with E-state index in [0.717, 1.165) is 5.56 Å². The number of tetrazole rings is 1. The number of nitrogen functional groups attached to an aromatic ring is 1. The fourth-order valence-corrected chi connectivity index (χ4v) is 10.7. The summed E-state index contributed by atoms with van der Waals surface area (Å²) in [6, 6.07) is 28.0. The van der Waals surface area contributed by atoms with Crippen LogP contribution >= 0.6 is 0 Å². The SMILES string of the molecule is COc1ccc(CN(Cc2ccc(OC)cc2)S(=O)(=O)c2c(S(=O)(=O)NCC(C)NC(=O)OC(C)(C)C)ccc(-c3cccc4[nH]c(N)nc34)c2-c2nnn(Cc3ccc(OC)cc3)n2)cc1. The Bertz CT molecular complexity index is 3030. The quantitative estimate of drug-likeness (QED) is 0.0757. The second-order valence-electron chi connectivity index (χ2n) is 16.5. The van der Waals surface area contributed by atoms with Crippen LogP contribution in [0.4, 0.5) is 10.7 Å². The highest BCUT2D eigenvalue weighted by atomic mass is 32.2. The number of methoxy groups -OCH3 is 3. The van der Waals surface area contributed by atoms with E-state index in [1.807, 2.05) is 12.1 Å². The van der Waals surface area contributed by atoms with E-state index in [2.05, 4.69) is 30.3 Å². The second-order valence-corrected chi connectivity index (χ2v) is 20.1. The van der Waals surface area contributed by atoms with Crippen molar-refractivity contribution in [1.29, 1.82) is 0 Å². The van der Waals surface area contributed by atoms with Crippen molar-refractivity contribution < 1.29 is 40.6 Å². The predicted molar refractivity (Wildman–Crippen MR) is 251 cm³/mol. The van der Waals surface area contributed by atoms with Gasteiger partial charge in [0.2, 0.25) is 25.9 Å². The zero-order valence-corrected chi connectivity index (χ0v) is 39.6. The number of nitrogens with two attached hydrogens (primary N) is 1. The monoisotopic (exact) mass is 952 g/mol. The molecule has 0 bridgehead atoms. The van der Waals surface area contributed by atoms with Crippen LogP contribution in [0.2, 0.25) is 0 Å². The van der Waals surface area contributed by atoms with Crippen molar-refractivity contribution in [2.45, 2.75) is 68.8 Å². The van der Waals surface area contributed by atoms with Crippen LogP contribution in [0.1, 0.15) is 44.4 Å². The molecule has 0 saturated carbocycles. The van der Waals surface area contributed by atoms with Crippen molar-refractivity contribution in [1.82, 2.24) is 44.5 Å². The van der Waals surface area contributed by atoms with Crippen LogP contribution in [0, 0.1) is 0 Å². The van der Waals surface area contributed by atoms with E-state index < -0.39 is 47.6 Å². The number of nitrogens with one attached hydrogen (secondary N) is 3. The zero-order valence-electron chi connectivity index (χ0n) is 38.0. The van der Waals surface area contributed by atoms with Crippen molar-refractivity contribution in [3.63, 3.8) is 0 Å². The lowest BCUT2D eigenvalue weighted by atomic mass is 9.98. The van der Waals surface area contributed by atoms with Crippen molar-refractivity contribution in [3.8, 4) is 39.8 Å². The largest absolute Gasteiger partial charge is 0.497 e. The normalized spacial score (nSPS) is 12.5. The zero-order chi connectivity index (χ0) is 48.1. The van der Waals surface area contributed by atoms with E-state index in [9.17, 15) is 13.2 Å². The lowest BCUT2D eigenvalue weighted by Crippen LogP contribution is -2.44. The van der Waals surface area contributed by atoms with Crippen LogP contribution in [0.5, 0.6) is 17.2 Å². The van der Waals surface area contributed by atoms with Gasteiger partial charge < -0.3 is 35.0 Å². The first kappa shape index (κ1) is 47.9. The maximum atomic E-state index is 16.0. The van der Waals surface area contributed by atoms with Gasteiger partial charge in [0.15, 0.2) is 5.95 Å². The number of para-hydroxylation sites is 1. The number of aromatic amines is 1. The fraction of sp³-hybridized carbons (Fsp3) is 0.283. The van der Waals surface area contributed by atoms with Crippen LogP contribution in [-0.2, 0) is 44.4 Å². The summed E-state index contributed by atoms with van der Waals surface area (Å²) < 4.78 is 87.0. The number of sulfonamides is 2. The number of amides is 1. The summed E-state index contributed by atoms with van der Waals surface area (Å²) in [4.78, 5) is 20.2. The van der Waals surface area contributed by atoms with Gasteiger partial charge in [-0.2, -0.15) is 9.10 Å². The highest BCUT2D eigenvalue weighted by Crippen LogP contribution is 2.43. The summed E-state index contributed by atoms with van der Waals surface area (Å²) in [5.41, 5.74) is 8.59. The molecule has 1 atom stereocenters. The van der Waals surface area contributed by atoms with Gasteiger partial charge in [0.05, 0.1) is 44.5 Å². The fourth-order valence-electron chi connectivity index (χ4n) is 7.15. The lowest BCUT2D eigenvalue weighted by molar-refractivity contribution is 0.0509. The molecular weight excluding hydrogens is 901 g/mol. The number of H-pyrrole nitrogens is 1. The molecule has 7 aromatic rings. The average Bonchev–Trinajstić information content (AvgIpc) is 3.93. The Balaban J connectivity index is 1.46. The maximum Gasteiger partial charge on any atom is 0.407 e. The smallest absolute Gasteiger partial charge is 0.407 e. The lowest BCUT2D eigenvalue weighted by Gasteiger charge is -2.26. The molecule has 19 nitrogen and oxygen atoms in total. The third-order valence-electron chi connectivity index (χ3n) is 10.4. The summed E-state index contributed by atoms with van der Waals surface area (Å²) in [5, 5.41) is 16.1. The second kappa shape index (κ2) is 19.8. The molecule has 0 aliphatic rings. The number of nitrogens with zero attached hydrogens (tertiary/aromatic N) is 6. The molecule has 0 saturated heterocycles. The molecule has 2 aromatic heterocycles.